The number of aromatic nitrogens is 24. The summed E-state index contributed by atoms with van der Waals surface area (Å²) < 4.78 is 153. The average Bonchev–Trinajstić information content (AvgIpc) is 1.43. The van der Waals surface area contributed by atoms with E-state index in [1.807, 2.05) is 0 Å². The number of fused-ring (bicyclic) bond motifs is 8. The minimum Gasteiger partial charge on any atom is -0.358 e. The molecule has 0 radical (unpaired) electrons. The predicted octanol–water partition coefficient (Wildman–Crippen LogP) is 13.8. The van der Waals surface area contributed by atoms with Gasteiger partial charge in [0.25, 0.3) is 22.2 Å². The highest BCUT2D eigenvalue weighted by Gasteiger charge is 2.27. The SMILES string of the molecule is [2H]C([2H])([2H])[C@H](Nc1ncnc2nc[nH]c12)c1nc2ccc(F)cc2c(=O)n1-c1ccccc1.[2H]C([2H])([2H])[C@]([2H])(Nc1ncnc2nc[nH]c12)c1nc2ccc(F)cc2c(=O)n1-c1ccccc1.[2H]c1nc2c(N[C@@]([2H])(C)c3nc4ccc(F)cc4c(=O)n3-c3ccccc3)ncnc2[nH]1.[2H]c1nc2c(N[C@@]([2H])(CC)c3nc4cccc(F)c4c(=O)n3-c3ccccc3)ncnc2[nH]1. The highest BCUT2D eigenvalue weighted by Crippen LogP contribution is 2.31. The standard InChI is InChI=1S/C22H18FN7O.3C21H16FN7O/c1-2-15(28-20-18-19(25-11-24-18)26-12-27-20)21-29-16-10-6-9-14(23)17(16)22(31)30(21)13-7-4-3-5-8-13;3*1-12(27-19-17-18(24-10-23-17)25-11-26-19)20-28-16-8-7-13(22)9-15(16)21(30)29(20)14-5-3-2-4-6-14/h3-12,15H,2H2,1H3,(H2,24,25,26,27,28);3*2-12H,1H3,(H2,23,24,25,26,27)/t15-;3*12-/m0000/s1/i11D,15D;10D,12D;1D3,12D;1D3. The topological polar surface area (TPSA) is 406 Å². The molecule has 0 amide bonds. The first-order valence-corrected chi connectivity index (χ1v) is 36.6. The van der Waals surface area contributed by atoms with Gasteiger partial charge in [-0.05, 0) is 142 Å². The molecule has 0 saturated heterocycles. The highest BCUT2D eigenvalue weighted by atomic mass is 19.1. The van der Waals surface area contributed by atoms with Crippen molar-refractivity contribution in [1.29, 1.82) is 0 Å². The van der Waals surface area contributed by atoms with Crippen molar-refractivity contribution in [2.75, 3.05) is 21.3 Å². The molecule has 0 aliphatic heterocycles. The summed E-state index contributed by atoms with van der Waals surface area (Å²) in [7, 11) is 0. The van der Waals surface area contributed by atoms with Crippen LogP contribution >= 0.6 is 0 Å². The first-order valence-electron chi connectivity index (χ1n) is 42.1. The number of halogens is 4. The first kappa shape index (κ1) is 64.7. The van der Waals surface area contributed by atoms with Gasteiger partial charge in [0.15, 0.2) is 45.9 Å². The molecule has 0 aliphatic rings. The Hall–Kier alpha value is -16.6. The van der Waals surface area contributed by atoms with E-state index < -0.39 is 89.1 Å². The van der Waals surface area contributed by atoms with Crippen LogP contribution in [0.25, 0.3) is 111 Å². The van der Waals surface area contributed by atoms with E-state index in [1.54, 1.807) is 128 Å². The Morgan fingerprint density at radius 1 is 0.397 bits per heavy atom. The Morgan fingerprint density at radius 2 is 0.802 bits per heavy atom. The van der Waals surface area contributed by atoms with Gasteiger partial charge < -0.3 is 41.2 Å². The fraction of sp³-hybridized carbons (Fsp3) is 0.106. The second kappa shape index (κ2) is 33.3. The van der Waals surface area contributed by atoms with Crippen LogP contribution in [0.3, 0.4) is 0 Å². The lowest BCUT2D eigenvalue weighted by molar-refractivity contribution is 0.628. The summed E-state index contributed by atoms with van der Waals surface area (Å²) in [5.74, 6) is -2.25. The Kier molecular flexibility index (Phi) is 17.8. The fourth-order valence-corrected chi connectivity index (χ4v) is 13.2. The Morgan fingerprint density at radius 3 is 1.26 bits per heavy atom. The van der Waals surface area contributed by atoms with Gasteiger partial charge in [0.05, 0.1) is 114 Å². The first-order chi connectivity index (χ1) is 63.3. The van der Waals surface area contributed by atoms with Crippen LogP contribution in [0.4, 0.5) is 40.8 Å². The number of anilines is 4. The lowest BCUT2D eigenvalue weighted by Crippen LogP contribution is -2.28. The van der Waals surface area contributed by atoms with Gasteiger partial charge >= 0.3 is 0 Å². The molecule has 0 spiro atoms. The maximum Gasteiger partial charge on any atom is 0.269 e. The number of nitrogens with one attached hydrogen (secondary N) is 8. The zero-order chi connectivity index (χ0) is 92.9. The Labute approximate surface area is 694 Å². The number of H-pyrrole nitrogens is 4. The lowest BCUT2D eigenvalue weighted by Gasteiger charge is -2.22. The fourth-order valence-electron chi connectivity index (χ4n) is 13.2. The molecule has 598 valence electrons. The van der Waals surface area contributed by atoms with Gasteiger partial charge in [-0.3, -0.25) is 37.4 Å². The van der Waals surface area contributed by atoms with Gasteiger partial charge in [-0.1, -0.05) is 85.8 Å². The smallest absolute Gasteiger partial charge is 0.269 e. The van der Waals surface area contributed by atoms with Gasteiger partial charge in [-0.2, -0.15) is 0 Å². The predicted molar refractivity (Wildman–Crippen MR) is 449 cm³/mol. The van der Waals surface area contributed by atoms with Gasteiger partial charge in [0, 0.05) is 8.22 Å². The molecule has 121 heavy (non-hydrogen) atoms. The Balaban J connectivity index is 0.000000123. The largest absolute Gasteiger partial charge is 0.358 e. The number of nitrogens with zero attached hydrogens (tertiary/aromatic N) is 20. The molecule has 12 heterocycles. The van der Waals surface area contributed by atoms with E-state index in [1.165, 1.54) is 107 Å². The van der Waals surface area contributed by atoms with Gasteiger partial charge in [-0.15, -0.1) is 0 Å². The average molecular weight is 1630 g/mol. The van der Waals surface area contributed by atoms with Crippen LogP contribution in [0.2, 0.25) is 0 Å². The summed E-state index contributed by atoms with van der Waals surface area (Å²) in [6, 6.07) is 41.6. The zero-order valence-electron chi connectivity index (χ0n) is 73.8. The van der Waals surface area contributed by atoms with E-state index in [0.29, 0.717) is 39.5 Å². The van der Waals surface area contributed by atoms with E-state index >= 15 is 0 Å². The normalized spacial score (nSPS) is 14.6. The highest BCUT2D eigenvalue weighted by molar-refractivity contribution is 5.87. The van der Waals surface area contributed by atoms with E-state index in [0.717, 1.165) is 28.8 Å². The van der Waals surface area contributed by atoms with Crippen molar-refractivity contribution in [3.63, 3.8) is 0 Å². The molecule has 0 fully saturated rings. The molecule has 4 atom stereocenters. The number of para-hydroxylation sites is 4. The second-order valence-electron chi connectivity index (χ2n) is 26.3. The van der Waals surface area contributed by atoms with Gasteiger partial charge in [0.1, 0.15) is 102 Å². The van der Waals surface area contributed by atoms with Crippen LogP contribution in [-0.2, 0) is 0 Å². The molecular weight excluding hydrogens is 1550 g/mol. The third-order valence-electron chi connectivity index (χ3n) is 18.7. The van der Waals surface area contributed by atoms with Crippen LogP contribution in [0.5, 0.6) is 0 Å². The summed E-state index contributed by atoms with van der Waals surface area (Å²) in [6.45, 7) is -2.39. The molecule has 32 nitrogen and oxygen atoms in total. The number of imidazole rings is 4. The van der Waals surface area contributed by atoms with Crippen molar-refractivity contribution in [3.05, 3.63) is 333 Å². The monoisotopic (exact) mass is 1630 g/mol. The Bertz CT molecular complexity index is 8080. The van der Waals surface area contributed by atoms with Crippen LogP contribution in [-0.4, -0.2) is 118 Å². The van der Waals surface area contributed by atoms with Gasteiger partial charge in [-0.25, -0.2) is 97.3 Å². The molecule has 8 N–H and O–H groups in total. The molecule has 0 bridgehead atoms. The molecule has 8 aromatic carbocycles. The number of hydrogen-bond acceptors (Lipinski definition) is 24. The van der Waals surface area contributed by atoms with Crippen molar-refractivity contribution < 1.29 is 32.6 Å². The summed E-state index contributed by atoms with van der Waals surface area (Å²) in [4.78, 5) is 132. The van der Waals surface area contributed by atoms with Crippen LogP contribution in [0, 0.1) is 23.3 Å². The maximum absolute atomic E-state index is 14.6. The van der Waals surface area contributed by atoms with E-state index in [9.17, 15) is 38.1 Å². The van der Waals surface area contributed by atoms with Gasteiger partial charge in [0.2, 0.25) is 0 Å². The number of benzene rings is 8. The third-order valence-corrected chi connectivity index (χ3v) is 18.7. The molecule has 0 aliphatic carbocycles. The second-order valence-corrected chi connectivity index (χ2v) is 26.3. The molecule has 0 saturated carbocycles. The van der Waals surface area contributed by atoms with Crippen molar-refractivity contribution in [3.8, 4) is 22.7 Å². The molecule has 0 unspecified atom stereocenters. The summed E-state index contributed by atoms with van der Waals surface area (Å²) in [6.07, 6.45) is 7.74. The maximum atomic E-state index is 14.6. The summed E-state index contributed by atoms with van der Waals surface area (Å²) >= 11 is 0. The minimum absolute atomic E-state index is 0.0123. The van der Waals surface area contributed by atoms with E-state index in [-0.39, 0.29) is 131 Å². The van der Waals surface area contributed by atoms with Crippen molar-refractivity contribution >= 4 is 112 Å². The van der Waals surface area contributed by atoms with Crippen LogP contribution in [0.1, 0.15) is 96.4 Å². The quantitative estimate of drug-likeness (QED) is 0.0392. The van der Waals surface area contributed by atoms with E-state index in [2.05, 4.69) is 121 Å². The van der Waals surface area contributed by atoms with Crippen LogP contribution in [0.15, 0.2) is 264 Å². The minimum atomic E-state index is -3.03. The number of aromatic amines is 4. The molecule has 36 heteroatoms. The van der Waals surface area contributed by atoms with E-state index in [4.69, 9.17) is 13.7 Å². The lowest BCUT2D eigenvalue weighted by atomic mass is 10.1. The molecule has 12 aromatic heterocycles. The third kappa shape index (κ3) is 15.5. The number of rotatable bonds is 17. The molecular formula is C85H66F4N28O4. The van der Waals surface area contributed by atoms with Crippen molar-refractivity contribution in [1.82, 2.24) is 118 Å². The summed E-state index contributed by atoms with van der Waals surface area (Å²) in [5, 5.41) is 11.4. The summed E-state index contributed by atoms with van der Waals surface area (Å²) in [5.41, 5.74) is 2.31. The zero-order valence-corrected chi connectivity index (χ0v) is 62.8. The number of hydrogen-bond donors (Lipinski definition) is 8. The van der Waals surface area contributed by atoms with Crippen molar-refractivity contribution in [2.24, 2.45) is 0 Å². The van der Waals surface area contributed by atoms with Crippen molar-refractivity contribution in [2.45, 2.75) is 58.1 Å². The molecule has 20 aromatic rings. The van der Waals surface area contributed by atoms with Crippen LogP contribution < -0.4 is 43.5 Å². The molecule has 20 rings (SSSR count).